The highest BCUT2D eigenvalue weighted by Crippen LogP contribution is 2.43. The molecule has 1 aliphatic heterocycles. The van der Waals surface area contributed by atoms with E-state index >= 15 is 0 Å². The Labute approximate surface area is 134 Å². The summed E-state index contributed by atoms with van der Waals surface area (Å²) in [5.41, 5.74) is -2.65. The van der Waals surface area contributed by atoms with Crippen molar-refractivity contribution in [3.8, 4) is 5.88 Å². The lowest BCUT2D eigenvalue weighted by Gasteiger charge is -2.30. The highest BCUT2D eigenvalue weighted by molar-refractivity contribution is 5.76. The quantitative estimate of drug-likeness (QED) is 0.660. The van der Waals surface area contributed by atoms with Crippen molar-refractivity contribution in [2.75, 3.05) is 13.2 Å². The Morgan fingerprint density at radius 2 is 2.17 bits per heavy atom. The Hall–Kier alpha value is -1.95. The van der Waals surface area contributed by atoms with Gasteiger partial charge in [0, 0.05) is 0 Å². The summed E-state index contributed by atoms with van der Waals surface area (Å²) in [6, 6.07) is 0. The van der Waals surface area contributed by atoms with Crippen LogP contribution in [0.4, 0.5) is 8.78 Å². The first-order valence-corrected chi connectivity index (χ1v) is 7.20. The number of aliphatic hydroxyl groups excluding tert-OH is 2. The Balaban J connectivity index is 2.10. The van der Waals surface area contributed by atoms with E-state index in [0.717, 1.165) is 17.2 Å². The predicted octanol–water partition coefficient (Wildman–Crippen LogP) is -0.528. The van der Waals surface area contributed by atoms with E-state index < -0.39 is 37.1 Å². The molecule has 0 bridgehead atoms. The number of aliphatic hydroxyl groups is 3. The minimum Gasteiger partial charge on any atom is -0.476 e. The maximum absolute atomic E-state index is 13.5. The molecule has 11 heteroatoms. The molecule has 0 radical (unpaired) electrons. The summed E-state index contributed by atoms with van der Waals surface area (Å²) in [6.07, 6.45) is -6.11. The smallest absolute Gasteiger partial charge is 0.274 e. The third-order valence-corrected chi connectivity index (χ3v) is 3.91. The third-order valence-electron chi connectivity index (χ3n) is 3.91. The van der Waals surface area contributed by atoms with Gasteiger partial charge in [-0.2, -0.15) is 4.98 Å². The lowest BCUT2D eigenvalue weighted by atomic mass is 9.94. The number of halogens is 2. The fourth-order valence-corrected chi connectivity index (χ4v) is 2.71. The van der Waals surface area contributed by atoms with Crippen LogP contribution in [0, 0.1) is 0 Å². The van der Waals surface area contributed by atoms with Crippen LogP contribution in [0.5, 0.6) is 5.88 Å². The van der Waals surface area contributed by atoms with Gasteiger partial charge in [-0.1, -0.05) is 0 Å². The van der Waals surface area contributed by atoms with Gasteiger partial charge in [0.05, 0.1) is 19.5 Å². The number of alkyl halides is 2. The zero-order valence-corrected chi connectivity index (χ0v) is 12.6. The van der Waals surface area contributed by atoms with Crippen LogP contribution < -0.4 is 4.74 Å². The van der Waals surface area contributed by atoms with Gasteiger partial charge >= 0.3 is 0 Å². The van der Waals surface area contributed by atoms with Crippen LogP contribution in [-0.4, -0.2) is 72.3 Å². The van der Waals surface area contributed by atoms with E-state index in [-0.39, 0.29) is 17.0 Å². The molecule has 0 aliphatic carbocycles. The van der Waals surface area contributed by atoms with Crippen LogP contribution in [0.25, 0.3) is 11.2 Å². The molecule has 0 saturated carbocycles. The second kappa shape index (κ2) is 6.16. The number of imidazole rings is 1. The van der Waals surface area contributed by atoms with E-state index in [1.54, 1.807) is 6.92 Å². The summed E-state index contributed by atoms with van der Waals surface area (Å²) in [4.78, 5) is 11.9. The van der Waals surface area contributed by atoms with Crippen LogP contribution in [0.1, 0.15) is 13.2 Å². The fraction of sp³-hybridized carbons (Fsp3) is 0.615. The zero-order valence-electron chi connectivity index (χ0n) is 12.6. The number of hydrogen-bond acceptors (Lipinski definition) is 8. The standard InChI is InChI=1S/C13H16F2N4O5/c1-2-23-10-7-9(16-4-17-10)19(5-18-7)12-13(22,11(14)15)8(21)6(3-20)24-12/h4-6,8,11-12,20-22H,2-3H2,1H3/t6-,8-,12-,13-/m1/s1. The summed E-state index contributed by atoms with van der Waals surface area (Å²) in [7, 11) is 0. The topological polar surface area (TPSA) is 123 Å². The number of hydrogen-bond donors (Lipinski definition) is 3. The number of fused-ring (bicyclic) bond motifs is 1. The average Bonchev–Trinajstić information content (AvgIpc) is 3.09. The first-order valence-electron chi connectivity index (χ1n) is 7.20. The second-order valence-corrected chi connectivity index (χ2v) is 5.28. The molecule has 9 nitrogen and oxygen atoms in total. The van der Waals surface area contributed by atoms with Crippen molar-refractivity contribution in [1.82, 2.24) is 19.5 Å². The SMILES string of the molecule is CCOc1ncnc2c1ncn2[C@@H]1O[C@H](CO)[C@@H](O)[C@@]1(O)C(F)F. The lowest BCUT2D eigenvalue weighted by molar-refractivity contribution is -0.184. The molecule has 1 aliphatic rings. The van der Waals surface area contributed by atoms with E-state index in [1.165, 1.54) is 0 Å². The monoisotopic (exact) mass is 346 g/mol. The fourth-order valence-electron chi connectivity index (χ4n) is 2.71. The first kappa shape index (κ1) is 16.9. The van der Waals surface area contributed by atoms with Crippen molar-refractivity contribution >= 4 is 11.2 Å². The molecule has 0 unspecified atom stereocenters. The van der Waals surface area contributed by atoms with Gasteiger partial charge in [-0.25, -0.2) is 18.7 Å². The largest absolute Gasteiger partial charge is 0.476 e. The second-order valence-electron chi connectivity index (χ2n) is 5.28. The minimum absolute atomic E-state index is 0.0864. The van der Waals surface area contributed by atoms with Gasteiger partial charge in [-0.05, 0) is 6.92 Å². The number of nitrogens with zero attached hydrogens (tertiary/aromatic N) is 4. The summed E-state index contributed by atoms with van der Waals surface area (Å²) >= 11 is 0. The van der Waals surface area contributed by atoms with E-state index in [9.17, 15) is 24.1 Å². The van der Waals surface area contributed by atoms with Gasteiger partial charge in [0.15, 0.2) is 23.0 Å². The highest BCUT2D eigenvalue weighted by Gasteiger charge is 2.62. The summed E-state index contributed by atoms with van der Waals surface area (Å²) in [5, 5.41) is 29.5. The van der Waals surface area contributed by atoms with Crippen molar-refractivity contribution in [1.29, 1.82) is 0 Å². The molecule has 0 aromatic carbocycles. The molecule has 0 spiro atoms. The van der Waals surface area contributed by atoms with Crippen LogP contribution in [0.2, 0.25) is 0 Å². The maximum Gasteiger partial charge on any atom is 0.274 e. The molecule has 24 heavy (non-hydrogen) atoms. The van der Waals surface area contributed by atoms with Crippen LogP contribution in [-0.2, 0) is 4.74 Å². The Kier molecular flexibility index (Phi) is 4.34. The maximum atomic E-state index is 13.5. The molecule has 3 heterocycles. The van der Waals surface area contributed by atoms with Gasteiger partial charge in [0.1, 0.15) is 18.5 Å². The normalized spacial score (nSPS) is 30.4. The van der Waals surface area contributed by atoms with Gasteiger partial charge in [-0.15, -0.1) is 0 Å². The molecular weight excluding hydrogens is 330 g/mol. The third kappa shape index (κ3) is 2.32. The molecule has 1 fully saturated rings. The zero-order chi connectivity index (χ0) is 17.5. The molecule has 4 atom stereocenters. The van der Waals surface area contributed by atoms with Crippen LogP contribution in [0.15, 0.2) is 12.7 Å². The van der Waals surface area contributed by atoms with E-state index in [0.29, 0.717) is 6.61 Å². The Morgan fingerprint density at radius 3 is 2.79 bits per heavy atom. The highest BCUT2D eigenvalue weighted by atomic mass is 19.3. The van der Waals surface area contributed by atoms with Crippen molar-refractivity contribution in [3.63, 3.8) is 0 Å². The predicted molar refractivity (Wildman–Crippen MR) is 74.4 cm³/mol. The van der Waals surface area contributed by atoms with E-state index in [4.69, 9.17) is 9.47 Å². The molecule has 3 rings (SSSR count). The van der Waals surface area contributed by atoms with Gasteiger partial charge in [0.2, 0.25) is 5.88 Å². The number of rotatable bonds is 5. The molecule has 1 saturated heterocycles. The minimum atomic E-state index is -3.33. The molecular formula is C13H16F2N4O5. The van der Waals surface area contributed by atoms with Crippen LogP contribution in [0.3, 0.4) is 0 Å². The van der Waals surface area contributed by atoms with E-state index in [2.05, 4.69) is 15.0 Å². The summed E-state index contributed by atoms with van der Waals surface area (Å²) < 4.78 is 38.5. The van der Waals surface area contributed by atoms with E-state index in [1.807, 2.05) is 0 Å². The van der Waals surface area contributed by atoms with Crippen molar-refractivity contribution in [3.05, 3.63) is 12.7 Å². The van der Waals surface area contributed by atoms with Crippen LogP contribution >= 0.6 is 0 Å². The molecule has 3 N–H and O–H groups in total. The van der Waals surface area contributed by atoms with Gasteiger partial charge in [0.25, 0.3) is 6.43 Å². The van der Waals surface area contributed by atoms with Crippen molar-refractivity contribution in [2.24, 2.45) is 0 Å². The average molecular weight is 346 g/mol. The molecule has 2 aromatic heterocycles. The Bertz CT molecular complexity index is 729. The Morgan fingerprint density at radius 1 is 1.42 bits per heavy atom. The summed E-state index contributed by atoms with van der Waals surface area (Å²) in [6.45, 7) is 1.31. The molecule has 132 valence electrons. The summed E-state index contributed by atoms with van der Waals surface area (Å²) in [5.74, 6) is 0.152. The first-order chi connectivity index (χ1) is 11.4. The molecule has 2 aromatic rings. The van der Waals surface area contributed by atoms with Crippen molar-refractivity contribution < 1.29 is 33.6 Å². The number of ether oxygens (including phenoxy) is 2. The van der Waals surface area contributed by atoms with Gasteiger partial charge in [-0.3, -0.25) is 4.57 Å². The number of aromatic nitrogens is 4. The lowest BCUT2D eigenvalue weighted by Crippen LogP contribution is -2.52. The van der Waals surface area contributed by atoms with Gasteiger partial charge < -0.3 is 24.8 Å². The van der Waals surface area contributed by atoms with Crippen molar-refractivity contribution in [2.45, 2.75) is 37.4 Å². The molecule has 0 amide bonds.